The van der Waals surface area contributed by atoms with Crippen LogP contribution in [0.5, 0.6) is 0 Å². The lowest BCUT2D eigenvalue weighted by Gasteiger charge is -2.18. The maximum atomic E-state index is 14.8. The fraction of sp³-hybridized carbons (Fsp3) is 0.217. The number of ketones is 1. The first-order chi connectivity index (χ1) is 14.8. The van der Waals surface area contributed by atoms with Crippen molar-refractivity contribution in [2.45, 2.75) is 19.8 Å². The molecule has 0 amide bonds. The summed E-state index contributed by atoms with van der Waals surface area (Å²) in [5.41, 5.74) is 1.31. The van der Waals surface area contributed by atoms with E-state index < -0.39 is 28.3 Å². The second-order valence-electron chi connectivity index (χ2n) is 7.00. The number of esters is 1. The SMILES string of the molecule is CCOC(=O)C(c1ccc([N+](=O)[O-])cc1F)c1cc(C)c(C(=O)c2ccccc2)n1C. The Kier molecular flexibility index (Phi) is 6.29. The smallest absolute Gasteiger partial charge is 0.319 e. The summed E-state index contributed by atoms with van der Waals surface area (Å²) in [6, 6.07) is 13.4. The molecule has 0 radical (unpaired) electrons. The van der Waals surface area contributed by atoms with Crippen LogP contribution in [0.4, 0.5) is 10.1 Å². The molecule has 2 aromatic carbocycles. The van der Waals surface area contributed by atoms with Gasteiger partial charge in [-0.3, -0.25) is 19.7 Å². The Hall–Kier alpha value is -3.81. The molecular formula is C23H21FN2O5. The van der Waals surface area contributed by atoms with Crippen molar-refractivity contribution in [3.8, 4) is 0 Å². The van der Waals surface area contributed by atoms with Gasteiger partial charge in [0.1, 0.15) is 11.7 Å². The highest BCUT2D eigenvalue weighted by atomic mass is 19.1. The van der Waals surface area contributed by atoms with Crippen LogP contribution in [0.1, 0.15) is 45.7 Å². The maximum Gasteiger partial charge on any atom is 0.319 e. The lowest BCUT2D eigenvalue weighted by molar-refractivity contribution is -0.385. The lowest BCUT2D eigenvalue weighted by Crippen LogP contribution is -2.22. The van der Waals surface area contributed by atoms with Crippen LogP contribution in [0, 0.1) is 22.9 Å². The number of nitro groups is 1. The van der Waals surface area contributed by atoms with Crippen LogP contribution in [0.2, 0.25) is 0 Å². The van der Waals surface area contributed by atoms with Crippen LogP contribution < -0.4 is 0 Å². The summed E-state index contributed by atoms with van der Waals surface area (Å²) in [5, 5.41) is 11.0. The molecule has 0 aliphatic carbocycles. The van der Waals surface area contributed by atoms with Crippen molar-refractivity contribution in [1.82, 2.24) is 4.57 Å². The van der Waals surface area contributed by atoms with Crippen molar-refractivity contribution in [3.05, 3.63) is 98.6 Å². The largest absolute Gasteiger partial charge is 0.465 e. The number of aryl methyl sites for hydroxylation is 1. The van der Waals surface area contributed by atoms with Crippen molar-refractivity contribution in [3.63, 3.8) is 0 Å². The highest BCUT2D eigenvalue weighted by molar-refractivity contribution is 6.09. The van der Waals surface area contributed by atoms with Crippen LogP contribution in [-0.4, -0.2) is 27.8 Å². The average molecular weight is 424 g/mol. The molecule has 0 aliphatic rings. The molecule has 0 saturated heterocycles. The molecule has 0 spiro atoms. The number of halogens is 1. The predicted molar refractivity (Wildman–Crippen MR) is 112 cm³/mol. The normalized spacial score (nSPS) is 11.7. The Bertz CT molecular complexity index is 1150. The number of nitro benzene ring substituents is 1. The van der Waals surface area contributed by atoms with E-state index in [4.69, 9.17) is 4.74 Å². The van der Waals surface area contributed by atoms with Gasteiger partial charge in [-0.2, -0.15) is 0 Å². The van der Waals surface area contributed by atoms with E-state index in [2.05, 4.69) is 0 Å². The number of benzene rings is 2. The summed E-state index contributed by atoms with van der Waals surface area (Å²) in [6.45, 7) is 3.43. The zero-order chi connectivity index (χ0) is 22.7. The molecule has 31 heavy (non-hydrogen) atoms. The molecule has 1 atom stereocenters. The highest BCUT2D eigenvalue weighted by Crippen LogP contribution is 2.33. The number of hydrogen-bond donors (Lipinski definition) is 0. The third-order valence-corrected chi connectivity index (χ3v) is 5.04. The summed E-state index contributed by atoms with van der Waals surface area (Å²) in [5.74, 6) is -3.04. The standard InChI is InChI=1S/C23H21FN2O5/c1-4-31-23(28)20(17-11-10-16(26(29)30)13-18(17)24)19-12-14(2)21(25(19)3)22(27)15-8-6-5-7-9-15/h5-13,20H,4H2,1-3H3. The quantitative estimate of drug-likeness (QED) is 0.244. The number of nitrogens with zero attached hydrogens (tertiary/aromatic N) is 2. The van der Waals surface area contributed by atoms with Gasteiger partial charge in [0.05, 0.1) is 23.3 Å². The topological polar surface area (TPSA) is 91.4 Å². The second-order valence-corrected chi connectivity index (χ2v) is 7.00. The Morgan fingerprint density at radius 2 is 1.84 bits per heavy atom. The molecule has 1 aromatic heterocycles. The van der Waals surface area contributed by atoms with Gasteiger partial charge < -0.3 is 9.30 Å². The monoisotopic (exact) mass is 424 g/mol. The molecular weight excluding hydrogens is 403 g/mol. The number of rotatable bonds is 7. The molecule has 7 nitrogen and oxygen atoms in total. The molecule has 3 aromatic rings. The number of ether oxygens (including phenoxy) is 1. The molecule has 0 N–H and O–H groups in total. The van der Waals surface area contributed by atoms with Crippen LogP contribution >= 0.6 is 0 Å². The van der Waals surface area contributed by atoms with Crippen molar-refractivity contribution < 1.29 is 23.6 Å². The van der Waals surface area contributed by atoms with E-state index in [1.807, 2.05) is 0 Å². The summed E-state index contributed by atoms with van der Waals surface area (Å²) in [6.07, 6.45) is 0. The van der Waals surface area contributed by atoms with Gasteiger partial charge in [0.2, 0.25) is 5.78 Å². The number of hydrogen-bond acceptors (Lipinski definition) is 5. The van der Waals surface area contributed by atoms with Crippen molar-refractivity contribution in [2.75, 3.05) is 6.61 Å². The first-order valence-corrected chi connectivity index (χ1v) is 9.62. The van der Waals surface area contributed by atoms with Gasteiger partial charge in [0.15, 0.2) is 0 Å². The van der Waals surface area contributed by atoms with E-state index >= 15 is 0 Å². The molecule has 0 bridgehead atoms. The van der Waals surface area contributed by atoms with Crippen molar-refractivity contribution >= 4 is 17.4 Å². The Balaban J connectivity index is 2.15. The van der Waals surface area contributed by atoms with Gasteiger partial charge in [-0.1, -0.05) is 30.3 Å². The van der Waals surface area contributed by atoms with Gasteiger partial charge in [-0.05, 0) is 31.5 Å². The van der Waals surface area contributed by atoms with Crippen molar-refractivity contribution in [2.24, 2.45) is 7.05 Å². The number of non-ortho nitro benzene ring substituents is 1. The Morgan fingerprint density at radius 1 is 1.16 bits per heavy atom. The van der Waals surface area contributed by atoms with E-state index in [9.17, 15) is 24.1 Å². The summed E-state index contributed by atoms with van der Waals surface area (Å²) < 4.78 is 21.5. The molecule has 160 valence electrons. The fourth-order valence-corrected chi connectivity index (χ4v) is 3.61. The van der Waals surface area contributed by atoms with E-state index in [1.54, 1.807) is 61.9 Å². The zero-order valence-corrected chi connectivity index (χ0v) is 17.3. The van der Waals surface area contributed by atoms with Gasteiger partial charge >= 0.3 is 5.97 Å². The Morgan fingerprint density at radius 3 is 2.42 bits per heavy atom. The number of aromatic nitrogens is 1. The van der Waals surface area contributed by atoms with Gasteiger partial charge in [-0.15, -0.1) is 0 Å². The fourth-order valence-electron chi connectivity index (χ4n) is 3.61. The maximum absolute atomic E-state index is 14.8. The van der Waals surface area contributed by atoms with Crippen LogP contribution in [0.25, 0.3) is 0 Å². The second kappa shape index (κ2) is 8.91. The third-order valence-electron chi connectivity index (χ3n) is 5.04. The van der Waals surface area contributed by atoms with Crippen molar-refractivity contribution in [1.29, 1.82) is 0 Å². The molecule has 8 heteroatoms. The minimum Gasteiger partial charge on any atom is -0.465 e. The number of carbonyl (C=O) groups excluding carboxylic acids is 2. The summed E-state index contributed by atoms with van der Waals surface area (Å²) >= 11 is 0. The molecule has 0 aliphatic heterocycles. The van der Waals surface area contributed by atoms with Crippen LogP contribution in [0.15, 0.2) is 54.6 Å². The Labute approximate surface area is 178 Å². The van der Waals surface area contributed by atoms with E-state index in [0.29, 0.717) is 22.5 Å². The van der Waals surface area contributed by atoms with Crippen LogP contribution in [0.3, 0.4) is 0 Å². The predicted octanol–water partition coefficient (Wildman–Crippen LogP) is 4.31. The van der Waals surface area contributed by atoms with E-state index in [-0.39, 0.29) is 18.0 Å². The highest BCUT2D eigenvalue weighted by Gasteiger charge is 2.32. The van der Waals surface area contributed by atoms with Crippen LogP contribution in [-0.2, 0) is 16.6 Å². The van der Waals surface area contributed by atoms with Gasteiger partial charge in [-0.25, -0.2) is 4.39 Å². The van der Waals surface area contributed by atoms with E-state index in [0.717, 1.165) is 12.1 Å². The van der Waals surface area contributed by atoms with Gasteiger partial charge in [0.25, 0.3) is 5.69 Å². The minimum atomic E-state index is -1.19. The molecule has 3 rings (SSSR count). The first kappa shape index (κ1) is 21.9. The molecule has 1 unspecified atom stereocenters. The minimum absolute atomic E-state index is 0.0663. The first-order valence-electron chi connectivity index (χ1n) is 9.62. The molecule has 0 saturated carbocycles. The zero-order valence-electron chi connectivity index (χ0n) is 17.3. The lowest BCUT2D eigenvalue weighted by atomic mass is 9.94. The third kappa shape index (κ3) is 4.23. The van der Waals surface area contributed by atoms with Gasteiger partial charge in [0, 0.05) is 29.9 Å². The summed E-state index contributed by atoms with van der Waals surface area (Å²) in [7, 11) is 1.62. The average Bonchev–Trinajstić information content (AvgIpc) is 3.03. The van der Waals surface area contributed by atoms with E-state index in [1.165, 1.54) is 6.07 Å². The summed E-state index contributed by atoms with van der Waals surface area (Å²) in [4.78, 5) is 36.1. The number of carbonyl (C=O) groups is 2. The molecule has 0 fully saturated rings. The molecule has 1 heterocycles.